The molecule has 1 atom stereocenters. The molecule has 3 aromatic carbocycles. The van der Waals surface area contributed by atoms with Gasteiger partial charge < -0.3 is 28.4 Å². The highest BCUT2D eigenvalue weighted by atomic mass is 16.5. The van der Waals surface area contributed by atoms with Gasteiger partial charge in [-0.1, -0.05) is 25.5 Å². The van der Waals surface area contributed by atoms with Crippen LogP contribution in [-0.4, -0.2) is 62.8 Å². The smallest absolute Gasteiger partial charge is 0.254 e. The third-order valence-corrected chi connectivity index (χ3v) is 7.71. The highest BCUT2D eigenvalue weighted by Crippen LogP contribution is 2.45. The van der Waals surface area contributed by atoms with Crippen LogP contribution in [0.2, 0.25) is 0 Å². The van der Waals surface area contributed by atoms with Gasteiger partial charge in [0.15, 0.2) is 0 Å². The van der Waals surface area contributed by atoms with Crippen molar-refractivity contribution in [3.63, 3.8) is 0 Å². The Morgan fingerprint density at radius 1 is 0.791 bits per heavy atom. The molecular formula is C34H37N3O6. The Kier molecular flexibility index (Phi) is 8.90. The number of amides is 2. The van der Waals surface area contributed by atoms with Gasteiger partial charge in [-0.05, 0) is 61.0 Å². The zero-order chi connectivity index (χ0) is 30.5. The number of unbranched alkanes of at least 4 members (excludes halogenated alkanes) is 1. The van der Waals surface area contributed by atoms with Crippen molar-refractivity contribution < 1.29 is 28.5 Å². The fourth-order valence-corrected chi connectivity index (χ4v) is 5.56. The van der Waals surface area contributed by atoms with Gasteiger partial charge in [0.05, 0.1) is 45.5 Å². The zero-order valence-electron chi connectivity index (χ0n) is 25.2. The quantitative estimate of drug-likeness (QED) is 0.219. The lowest BCUT2D eigenvalue weighted by molar-refractivity contribution is -0.119. The molecule has 0 saturated heterocycles. The molecule has 43 heavy (non-hydrogen) atoms. The van der Waals surface area contributed by atoms with Crippen molar-refractivity contribution in [2.24, 2.45) is 0 Å². The van der Waals surface area contributed by atoms with Crippen molar-refractivity contribution in [3.05, 3.63) is 95.8 Å². The Balaban J connectivity index is 1.60. The summed E-state index contributed by atoms with van der Waals surface area (Å²) in [5.74, 6) is 1.77. The Morgan fingerprint density at radius 3 is 2.14 bits per heavy atom. The Labute approximate surface area is 252 Å². The molecule has 9 nitrogen and oxygen atoms in total. The van der Waals surface area contributed by atoms with Gasteiger partial charge in [0.25, 0.3) is 5.91 Å². The molecule has 0 radical (unpaired) electrons. The molecule has 1 unspecified atom stereocenters. The number of methoxy groups -OCH3 is 4. The summed E-state index contributed by atoms with van der Waals surface area (Å²) in [6.07, 6.45) is 3.60. The molecule has 224 valence electrons. The van der Waals surface area contributed by atoms with Crippen LogP contribution in [-0.2, 0) is 4.79 Å². The maximum Gasteiger partial charge on any atom is 0.254 e. The van der Waals surface area contributed by atoms with E-state index in [1.165, 1.54) is 14.2 Å². The fourth-order valence-electron chi connectivity index (χ4n) is 5.56. The normalized spacial score (nSPS) is 13.5. The second kappa shape index (κ2) is 12.9. The lowest BCUT2D eigenvalue weighted by Crippen LogP contribution is -2.47. The second-order valence-electron chi connectivity index (χ2n) is 10.2. The standard InChI is InChI=1S/C34H37N3O6/c1-6-7-16-35(34(39)23-18-25(41-3)20-26(19-23)42-4)22-32(38)37-29-12-9-8-11-28(29)36-17-10-13-30(36)33(37)27-21-24(40-2)14-15-31(27)43-5/h8-15,17-21,33H,6-7,16,22H2,1-5H3. The molecule has 1 aromatic heterocycles. The maximum absolute atomic E-state index is 14.6. The number of benzene rings is 3. The molecule has 0 fully saturated rings. The van der Waals surface area contributed by atoms with Crippen LogP contribution in [0.1, 0.15) is 47.4 Å². The van der Waals surface area contributed by atoms with E-state index in [2.05, 4.69) is 11.5 Å². The van der Waals surface area contributed by atoms with E-state index in [9.17, 15) is 9.59 Å². The van der Waals surface area contributed by atoms with Crippen LogP contribution in [0.5, 0.6) is 23.0 Å². The van der Waals surface area contributed by atoms with E-state index in [1.807, 2.05) is 60.8 Å². The van der Waals surface area contributed by atoms with Crippen LogP contribution in [0, 0.1) is 0 Å². The van der Waals surface area contributed by atoms with Gasteiger partial charge in [-0.25, -0.2) is 0 Å². The average Bonchev–Trinajstić information content (AvgIpc) is 3.55. The number of aromatic nitrogens is 1. The van der Waals surface area contributed by atoms with E-state index in [-0.39, 0.29) is 18.4 Å². The van der Waals surface area contributed by atoms with Crippen LogP contribution in [0.3, 0.4) is 0 Å². The third kappa shape index (κ3) is 5.75. The molecular weight excluding hydrogens is 546 g/mol. The summed E-state index contributed by atoms with van der Waals surface area (Å²) in [6, 6.07) is 21.8. The summed E-state index contributed by atoms with van der Waals surface area (Å²) in [7, 11) is 6.30. The lowest BCUT2D eigenvalue weighted by Gasteiger charge is -2.40. The van der Waals surface area contributed by atoms with Gasteiger partial charge in [-0.3, -0.25) is 14.5 Å². The minimum atomic E-state index is -0.539. The molecule has 1 aliphatic heterocycles. The van der Waals surface area contributed by atoms with Crippen LogP contribution in [0.25, 0.3) is 5.69 Å². The monoisotopic (exact) mass is 583 g/mol. The number of para-hydroxylation sites is 2. The van der Waals surface area contributed by atoms with Crippen LogP contribution >= 0.6 is 0 Å². The van der Waals surface area contributed by atoms with E-state index in [4.69, 9.17) is 18.9 Å². The number of carbonyl (C=O) groups is 2. The molecule has 0 N–H and O–H groups in total. The first-order valence-corrected chi connectivity index (χ1v) is 14.3. The van der Waals surface area contributed by atoms with Crippen molar-refractivity contribution >= 4 is 17.5 Å². The Hall–Kier alpha value is -4.92. The Bertz CT molecular complexity index is 1590. The van der Waals surface area contributed by atoms with Crippen molar-refractivity contribution in [3.8, 4) is 28.7 Å². The molecule has 0 saturated carbocycles. The minimum absolute atomic E-state index is 0.129. The largest absolute Gasteiger partial charge is 0.497 e. The summed E-state index contributed by atoms with van der Waals surface area (Å²) >= 11 is 0. The lowest BCUT2D eigenvalue weighted by atomic mass is 9.96. The van der Waals surface area contributed by atoms with E-state index >= 15 is 0 Å². The number of rotatable bonds is 11. The third-order valence-electron chi connectivity index (χ3n) is 7.71. The van der Waals surface area contributed by atoms with Gasteiger partial charge in [-0.15, -0.1) is 0 Å². The van der Waals surface area contributed by atoms with Crippen LogP contribution < -0.4 is 23.8 Å². The summed E-state index contributed by atoms with van der Waals surface area (Å²) in [4.78, 5) is 31.9. The molecule has 1 aliphatic rings. The molecule has 2 heterocycles. The van der Waals surface area contributed by atoms with Gasteiger partial charge >= 0.3 is 0 Å². The molecule has 9 heteroatoms. The number of ether oxygens (including phenoxy) is 4. The van der Waals surface area contributed by atoms with E-state index in [1.54, 1.807) is 42.2 Å². The summed E-state index contributed by atoms with van der Waals surface area (Å²) < 4.78 is 24.3. The summed E-state index contributed by atoms with van der Waals surface area (Å²) in [5, 5.41) is 0. The van der Waals surface area contributed by atoms with Gasteiger partial charge in [0.1, 0.15) is 35.6 Å². The highest BCUT2D eigenvalue weighted by Gasteiger charge is 2.38. The average molecular weight is 584 g/mol. The molecule has 0 aliphatic carbocycles. The number of hydrogen-bond donors (Lipinski definition) is 0. The van der Waals surface area contributed by atoms with E-state index < -0.39 is 6.04 Å². The number of fused-ring (bicyclic) bond motifs is 3. The second-order valence-corrected chi connectivity index (χ2v) is 10.2. The van der Waals surface area contributed by atoms with E-state index in [0.717, 1.165) is 35.5 Å². The SMILES string of the molecule is CCCCN(CC(=O)N1c2ccccc2-n2cccc2C1c1cc(OC)ccc1OC)C(=O)c1cc(OC)cc(OC)c1. The Morgan fingerprint density at radius 2 is 1.49 bits per heavy atom. The molecule has 2 amide bonds. The number of hydrogen-bond acceptors (Lipinski definition) is 6. The summed E-state index contributed by atoms with van der Waals surface area (Å²) in [5.41, 5.74) is 3.66. The predicted molar refractivity (Wildman–Crippen MR) is 165 cm³/mol. The molecule has 5 rings (SSSR count). The fraction of sp³-hybridized carbons (Fsp3) is 0.294. The number of anilines is 1. The maximum atomic E-state index is 14.6. The highest BCUT2D eigenvalue weighted by molar-refractivity contribution is 6.03. The van der Waals surface area contributed by atoms with Gasteiger partial charge in [-0.2, -0.15) is 0 Å². The number of carbonyl (C=O) groups excluding carboxylic acids is 2. The van der Waals surface area contributed by atoms with Gasteiger partial charge in [0.2, 0.25) is 5.91 Å². The van der Waals surface area contributed by atoms with Crippen molar-refractivity contribution in [1.82, 2.24) is 9.47 Å². The molecule has 4 aromatic rings. The zero-order valence-corrected chi connectivity index (χ0v) is 25.2. The van der Waals surface area contributed by atoms with Crippen molar-refractivity contribution in [2.45, 2.75) is 25.8 Å². The predicted octanol–water partition coefficient (Wildman–Crippen LogP) is 5.89. The number of nitrogens with zero attached hydrogens (tertiary/aromatic N) is 3. The van der Waals surface area contributed by atoms with Crippen LogP contribution in [0.15, 0.2) is 79.0 Å². The van der Waals surface area contributed by atoms with E-state index in [0.29, 0.717) is 35.1 Å². The first-order valence-electron chi connectivity index (χ1n) is 14.3. The van der Waals surface area contributed by atoms with Crippen LogP contribution in [0.4, 0.5) is 5.69 Å². The topological polar surface area (TPSA) is 82.5 Å². The minimum Gasteiger partial charge on any atom is -0.497 e. The first kappa shape index (κ1) is 29.6. The van der Waals surface area contributed by atoms with Crippen molar-refractivity contribution in [1.29, 1.82) is 0 Å². The first-order chi connectivity index (χ1) is 20.9. The molecule has 0 bridgehead atoms. The van der Waals surface area contributed by atoms with Gasteiger partial charge in [0, 0.05) is 29.9 Å². The van der Waals surface area contributed by atoms with Crippen molar-refractivity contribution in [2.75, 3.05) is 46.4 Å². The summed E-state index contributed by atoms with van der Waals surface area (Å²) in [6.45, 7) is 2.34. The molecule has 0 spiro atoms.